The third-order valence-corrected chi connectivity index (χ3v) is 0.841. The molecule has 0 rings (SSSR count). The van der Waals surface area contributed by atoms with Crippen molar-refractivity contribution in [2.24, 2.45) is 0 Å². The van der Waals surface area contributed by atoms with E-state index in [1.807, 2.05) is 0 Å². The van der Waals surface area contributed by atoms with E-state index in [2.05, 4.69) is 4.74 Å². The predicted molar refractivity (Wildman–Crippen MR) is 35.7 cm³/mol. The van der Waals surface area contributed by atoms with Crippen molar-refractivity contribution < 1.29 is 13.5 Å². The molecule has 3 heteroatoms. The molecule has 0 unspecified atom stereocenters. The topological polar surface area (TPSA) is 9.23 Å². The van der Waals surface area contributed by atoms with Gasteiger partial charge in [0.05, 0.1) is 0 Å². The summed E-state index contributed by atoms with van der Waals surface area (Å²) in [6, 6.07) is 0. The second-order valence-electron chi connectivity index (χ2n) is 1.57. The van der Waals surface area contributed by atoms with Crippen molar-refractivity contribution >= 4 is 0 Å². The van der Waals surface area contributed by atoms with Crippen molar-refractivity contribution in [1.29, 1.82) is 0 Å². The van der Waals surface area contributed by atoms with Crippen LogP contribution in [0, 0.1) is 0 Å². The molecule has 0 aliphatic heterocycles. The van der Waals surface area contributed by atoms with Crippen LogP contribution in [-0.4, -0.2) is 6.61 Å². The number of ether oxygens (including phenoxy) is 1. The van der Waals surface area contributed by atoms with E-state index in [1.54, 1.807) is 19.9 Å². The Morgan fingerprint density at radius 3 is 2.30 bits per heavy atom. The van der Waals surface area contributed by atoms with E-state index in [0.29, 0.717) is 0 Å². The minimum atomic E-state index is -2.73. The van der Waals surface area contributed by atoms with Gasteiger partial charge in [0.25, 0.3) is 0 Å². The molecule has 0 atom stereocenters. The van der Waals surface area contributed by atoms with Crippen LogP contribution in [0.2, 0.25) is 0 Å². The van der Waals surface area contributed by atoms with Crippen molar-refractivity contribution in [3.63, 3.8) is 0 Å². The Morgan fingerprint density at radius 1 is 1.40 bits per heavy atom. The standard InChI is InChI=1S/C7H10F2O/c1-3-5-6(4-2)10-7(8)9/h3-5,7H,1-2H3. The number of alkyl halides is 2. The number of hydrogen-bond acceptors (Lipinski definition) is 1. The summed E-state index contributed by atoms with van der Waals surface area (Å²) >= 11 is 0. The van der Waals surface area contributed by atoms with Crippen molar-refractivity contribution in [2.45, 2.75) is 20.5 Å². The molecule has 0 spiro atoms. The molecule has 0 radical (unpaired) electrons. The van der Waals surface area contributed by atoms with Crippen LogP contribution in [0.25, 0.3) is 0 Å². The molecule has 0 aromatic carbocycles. The number of hydrogen-bond donors (Lipinski definition) is 0. The van der Waals surface area contributed by atoms with Gasteiger partial charge >= 0.3 is 6.61 Å². The van der Waals surface area contributed by atoms with Gasteiger partial charge in [-0.1, -0.05) is 6.08 Å². The number of rotatable bonds is 3. The van der Waals surface area contributed by atoms with Gasteiger partial charge in [-0.15, -0.1) is 0 Å². The highest BCUT2D eigenvalue weighted by Gasteiger charge is 2.01. The molecule has 0 heterocycles. The molecule has 0 N–H and O–H groups in total. The van der Waals surface area contributed by atoms with Gasteiger partial charge in [0, 0.05) is 0 Å². The largest absolute Gasteiger partial charge is 0.435 e. The summed E-state index contributed by atoms with van der Waals surface area (Å²) in [5, 5.41) is 0. The van der Waals surface area contributed by atoms with E-state index in [0.717, 1.165) is 0 Å². The Hall–Kier alpha value is -0.860. The van der Waals surface area contributed by atoms with Gasteiger partial charge in [-0.25, -0.2) is 0 Å². The van der Waals surface area contributed by atoms with E-state index in [9.17, 15) is 8.78 Å². The van der Waals surface area contributed by atoms with Crippen LogP contribution in [0.1, 0.15) is 13.8 Å². The maximum absolute atomic E-state index is 11.5. The zero-order valence-electron chi connectivity index (χ0n) is 5.97. The second kappa shape index (κ2) is 4.97. The fourth-order valence-corrected chi connectivity index (χ4v) is 0.471. The average Bonchev–Trinajstić information content (AvgIpc) is 1.86. The van der Waals surface area contributed by atoms with Crippen LogP contribution in [0.5, 0.6) is 0 Å². The van der Waals surface area contributed by atoms with Crippen LogP contribution in [0.3, 0.4) is 0 Å². The van der Waals surface area contributed by atoms with Crippen molar-refractivity contribution in [3.05, 3.63) is 24.0 Å². The molecule has 1 nitrogen and oxygen atoms in total. The quantitative estimate of drug-likeness (QED) is 0.441. The first kappa shape index (κ1) is 9.14. The number of halogens is 2. The summed E-state index contributed by atoms with van der Waals surface area (Å²) in [5.74, 6) is 0.192. The molecule has 0 aliphatic rings. The molecule has 0 fully saturated rings. The molecular weight excluding hydrogens is 138 g/mol. The first-order valence-electron chi connectivity index (χ1n) is 2.94. The highest BCUT2D eigenvalue weighted by Crippen LogP contribution is 2.05. The van der Waals surface area contributed by atoms with Gasteiger partial charge in [0.15, 0.2) is 0 Å². The second-order valence-corrected chi connectivity index (χ2v) is 1.57. The molecule has 0 bridgehead atoms. The Labute approximate surface area is 59.0 Å². The van der Waals surface area contributed by atoms with Crippen LogP contribution in [-0.2, 0) is 4.74 Å². The molecule has 10 heavy (non-hydrogen) atoms. The first-order chi connectivity index (χ1) is 4.70. The molecule has 0 aliphatic carbocycles. The normalized spacial score (nSPS) is 13.1. The van der Waals surface area contributed by atoms with Crippen LogP contribution in [0.15, 0.2) is 24.0 Å². The first-order valence-corrected chi connectivity index (χ1v) is 2.94. The van der Waals surface area contributed by atoms with Gasteiger partial charge in [0.2, 0.25) is 0 Å². The van der Waals surface area contributed by atoms with Crippen molar-refractivity contribution in [1.82, 2.24) is 0 Å². The molecular formula is C7H10F2O. The number of allylic oxidation sites excluding steroid dienone is 3. The highest BCUT2D eigenvalue weighted by molar-refractivity contribution is 5.09. The zero-order chi connectivity index (χ0) is 7.98. The lowest BCUT2D eigenvalue weighted by Gasteiger charge is -2.02. The van der Waals surface area contributed by atoms with Crippen LogP contribution >= 0.6 is 0 Å². The zero-order valence-corrected chi connectivity index (χ0v) is 5.97. The summed E-state index contributed by atoms with van der Waals surface area (Å²) in [6.45, 7) is 0.637. The van der Waals surface area contributed by atoms with Crippen LogP contribution in [0.4, 0.5) is 8.78 Å². The molecule has 0 aromatic rings. The summed E-state index contributed by atoms with van der Waals surface area (Å²) in [7, 11) is 0. The van der Waals surface area contributed by atoms with Gasteiger partial charge in [0.1, 0.15) is 5.76 Å². The van der Waals surface area contributed by atoms with Crippen molar-refractivity contribution in [2.75, 3.05) is 0 Å². The molecule has 0 aromatic heterocycles. The van der Waals surface area contributed by atoms with E-state index in [4.69, 9.17) is 0 Å². The monoisotopic (exact) mass is 148 g/mol. The SMILES string of the molecule is CC=CC(=CC)OC(F)F. The predicted octanol–water partition coefficient (Wildman–Crippen LogP) is 2.71. The Morgan fingerprint density at radius 2 is 2.00 bits per heavy atom. The summed E-state index contributed by atoms with van der Waals surface area (Å²) in [5.41, 5.74) is 0. The summed E-state index contributed by atoms with van der Waals surface area (Å²) in [6.07, 6.45) is 4.59. The summed E-state index contributed by atoms with van der Waals surface area (Å²) < 4.78 is 27.1. The van der Waals surface area contributed by atoms with Gasteiger partial charge < -0.3 is 4.74 Å². The lowest BCUT2D eigenvalue weighted by Crippen LogP contribution is -1.96. The maximum Gasteiger partial charge on any atom is 0.387 e. The third-order valence-electron chi connectivity index (χ3n) is 0.841. The molecule has 0 saturated heterocycles. The van der Waals surface area contributed by atoms with E-state index >= 15 is 0 Å². The Bertz CT molecular complexity index is 139. The lowest BCUT2D eigenvalue weighted by atomic mass is 10.4. The Kier molecular flexibility index (Phi) is 4.54. The molecule has 0 saturated carbocycles. The minimum absolute atomic E-state index is 0.192. The third kappa shape index (κ3) is 4.06. The van der Waals surface area contributed by atoms with Crippen LogP contribution < -0.4 is 0 Å². The van der Waals surface area contributed by atoms with E-state index in [1.165, 1.54) is 12.2 Å². The van der Waals surface area contributed by atoms with Crippen molar-refractivity contribution in [3.8, 4) is 0 Å². The smallest absolute Gasteiger partial charge is 0.387 e. The van der Waals surface area contributed by atoms with Gasteiger partial charge in [-0.05, 0) is 26.0 Å². The fraction of sp³-hybridized carbons (Fsp3) is 0.429. The fourth-order valence-electron chi connectivity index (χ4n) is 0.471. The highest BCUT2D eigenvalue weighted by atomic mass is 19.3. The lowest BCUT2D eigenvalue weighted by molar-refractivity contribution is -0.0921. The van der Waals surface area contributed by atoms with E-state index in [-0.39, 0.29) is 5.76 Å². The minimum Gasteiger partial charge on any atom is -0.435 e. The van der Waals surface area contributed by atoms with Gasteiger partial charge in [-0.2, -0.15) is 8.78 Å². The van der Waals surface area contributed by atoms with E-state index < -0.39 is 6.61 Å². The molecule has 58 valence electrons. The maximum atomic E-state index is 11.5. The summed E-state index contributed by atoms with van der Waals surface area (Å²) in [4.78, 5) is 0. The van der Waals surface area contributed by atoms with Gasteiger partial charge in [-0.3, -0.25) is 0 Å². The molecule has 0 amide bonds. The average molecular weight is 148 g/mol. The Balaban J connectivity index is 3.86.